The molecule has 0 saturated heterocycles. The summed E-state index contributed by atoms with van der Waals surface area (Å²) in [5.41, 5.74) is 1.75. The second-order valence-corrected chi connectivity index (χ2v) is 7.29. The molecule has 0 bridgehead atoms. The van der Waals surface area contributed by atoms with Gasteiger partial charge in [-0.25, -0.2) is 13.8 Å². The Balaban J connectivity index is 1.82. The van der Waals surface area contributed by atoms with Crippen LogP contribution in [0.5, 0.6) is 0 Å². The fourth-order valence-corrected chi connectivity index (χ4v) is 4.00. The van der Waals surface area contributed by atoms with Crippen LogP contribution in [0, 0.1) is 25.7 Å². The standard InChI is InChI=1S/C18H17ClF2N2O/c1-9-10(2)22-16(11-7-14-15(8-11)18(14,20)21)23(17(9)24)13-5-3-12(19)4-6-13/h3-6,11,14-15H,7-8H2,1-2H3. The van der Waals surface area contributed by atoms with Crippen molar-refractivity contribution in [2.75, 3.05) is 0 Å². The van der Waals surface area contributed by atoms with Gasteiger partial charge in [-0.05, 0) is 51.0 Å². The second-order valence-electron chi connectivity index (χ2n) is 6.85. The molecule has 24 heavy (non-hydrogen) atoms. The molecule has 126 valence electrons. The molecule has 3 nitrogen and oxygen atoms in total. The smallest absolute Gasteiger partial charge is 0.261 e. The third-order valence-corrected chi connectivity index (χ3v) is 5.72. The molecule has 2 saturated carbocycles. The summed E-state index contributed by atoms with van der Waals surface area (Å²) in [4.78, 5) is 17.4. The van der Waals surface area contributed by atoms with Gasteiger partial charge in [0.1, 0.15) is 5.82 Å². The second kappa shape index (κ2) is 5.12. The molecule has 0 aliphatic heterocycles. The van der Waals surface area contributed by atoms with Crippen LogP contribution in [-0.2, 0) is 0 Å². The van der Waals surface area contributed by atoms with E-state index >= 15 is 0 Å². The fourth-order valence-electron chi connectivity index (χ4n) is 3.87. The van der Waals surface area contributed by atoms with E-state index in [1.165, 1.54) is 0 Å². The third-order valence-electron chi connectivity index (χ3n) is 5.47. The third kappa shape index (κ3) is 2.21. The molecule has 2 atom stereocenters. The first-order valence-electron chi connectivity index (χ1n) is 8.04. The highest BCUT2D eigenvalue weighted by Gasteiger charge is 2.71. The van der Waals surface area contributed by atoms with Crippen molar-refractivity contribution >= 4 is 11.6 Å². The molecule has 1 heterocycles. The summed E-state index contributed by atoms with van der Waals surface area (Å²) in [7, 11) is 0. The van der Waals surface area contributed by atoms with E-state index in [-0.39, 0.29) is 11.5 Å². The van der Waals surface area contributed by atoms with Gasteiger partial charge < -0.3 is 0 Å². The van der Waals surface area contributed by atoms with Crippen LogP contribution in [-0.4, -0.2) is 15.5 Å². The van der Waals surface area contributed by atoms with Gasteiger partial charge in [0.25, 0.3) is 11.5 Å². The molecule has 0 radical (unpaired) electrons. The number of rotatable bonds is 2. The summed E-state index contributed by atoms with van der Waals surface area (Å²) in [5.74, 6) is -3.16. The van der Waals surface area contributed by atoms with Crippen molar-refractivity contribution in [2.45, 2.75) is 38.5 Å². The van der Waals surface area contributed by atoms with Crippen molar-refractivity contribution in [2.24, 2.45) is 11.8 Å². The van der Waals surface area contributed by atoms with Gasteiger partial charge in [-0.15, -0.1) is 0 Å². The van der Waals surface area contributed by atoms with Gasteiger partial charge in [0, 0.05) is 34.0 Å². The summed E-state index contributed by atoms with van der Waals surface area (Å²) in [6.45, 7) is 3.53. The van der Waals surface area contributed by atoms with Crippen LogP contribution >= 0.6 is 11.6 Å². The molecule has 2 fully saturated rings. The molecule has 1 aromatic heterocycles. The lowest BCUT2D eigenvalue weighted by Gasteiger charge is -2.20. The van der Waals surface area contributed by atoms with Crippen LogP contribution in [0.2, 0.25) is 5.02 Å². The van der Waals surface area contributed by atoms with Gasteiger partial charge in [0.15, 0.2) is 0 Å². The highest BCUT2D eigenvalue weighted by molar-refractivity contribution is 6.30. The molecule has 2 unspecified atom stereocenters. The average molecular weight is 351 g/mol. The first-order chi connectivity index (χ1) is 11.3. The van der Waals surface area contributed by atoms with Gasteiger partial charge in [-0.2, -0.15) is 0 Å². The molecular weight excluding hydrogens is 334 g/mol. The zero-order valence-electron chi connectivity index (χ0n) is 13.4. The van der Waals surface area contributed by atoms with Crippen LogP contribution < -0.4 is 5.56 Å². The maximum absolute atomic E-state index is 13.5. The number of aromatic nitrogens is 2. The molecule has 2 aliphatic rings. The van der Waals surface area contributed by atoms with Crippen LogP contribution in [0.4, 0.5) is 8.78 Å². The summed E-state index contributed by atoms with van der Waals surface area (Å²) in [6, 6.07) is 6.94. The molecule has 2 aliphatic carbocycles. The zero-order valence-corrected chi connectivity index (χ0v) is 14.1. The number of halogens is 3. The Morgan fingerprint density at radius 3 is 2.33 bits per heavy atom. The predicted octanol–water partition coefficient (Wildman–Crippen LogP) is 4.26. The summed E-state index contributed by atoms with van der Waals surface area (Å²) in [5, 5.41) is 0.576. The van der Waals surface area contributed by atoms with Crippen LogP contribution in [0.3, 0.4) is 0 Å². The van der Waals surface area contributed by atoms with E-state index in [4.69, 9.17) is 11.6 Å². The summed E-state index contributed by atoms with van der Waals surface area (Å²) >= 11 is 5.93. The average Bonchev–Trinajstić information content (AvgIpc) is 2.91. The number of nitrogens with zero attached hydrogens (tertiary/aromatic N) is 2. The molecule has 4 rings (SSSR count). The van der Waals surface area contributed by atoms with Crippen LogP contribution in [0.25, 0.3) is 5.69 Å². The van der Waals surface area contributed by atoms with Gasteiger partial charge in [-0.1, -0.05) is 11.6 Å². The molecule has 0 N–H and O–H groups in total. The van der Waals surface area contributed by atoms with E-state index in [0.29, 0.717) is 40.6 Å². The minimum atomic E-state index is -2.53. The largest absolute Gasteiger partial charge is 0.269 e. The zero-order chi connectivity index (χ0) is 17.2. The molecule has 2 aromatic rings. The van der Waals surface area contributed by atoms with Crippen molar-refractivity contribution in [3.63, 3.8) is 0 Å². The van der Waals surface area contributed by atoms with Crippen molar-refractivity contribution in [3.8, 4) is 5.69 Å². The van der Waals surface area contributed by atoms with Crippen molar-refractivity contribution in [3.05, 3.63) is 56.7 Å². The Morgan fingerprint density at radius 1 is 1.17 bits per heavy atom. The molecule has 6 heteroatoms. The highest BCUT2D eigenvalue weighted by atomic mass is 35.5. The van der Waals surface area contributed by atoms with Crippen LogP contribution in [0.15, 0.2) is 29.1 Å². The maximum atomic E-state index is 13.5. The SMILES string of the molecule is Cc1nc(C2CC3C(C2)C3(F)F)n(-c2ccc(Cl)cc2)c(=O)c1C. The lowest BCUT2D eigenvalue weighted by Crippen LogP contribution is -2.28. The topological polar surface area (TPSA) is 34.9 Å². The number of alkyl halides is 2. The van der Waals surface area contributed by atoms with E-state index in [2.05, 4.69) is 4.98 Å². The fraction of sp³-hybridized carbons (Fsp3) is 0.444. The minimum absolute atomic E-state index is 0.109. The normalized spacial score (nSPS) is 27.1. The van der Waals surface area contributed by atoms with Crippen molar-refractivity contribution in [1.29, 1.82) is 0 Å². The Bertz CT molecular complexity index is 862. The number of benzene rings is 1. The van der Waals surface area contributed by atoms with Gasteiger partial charge in [0.2, 0.25) is 0 Å². The highest BCUT2D eigenvalue weighted by Crippen LogP contribution is 2.67. The van der Waals surface area contributed by atoms with E-state index in [1.807, 2.05) is 0 Å². The molecule has 0 amide bonds. The number of hydrogen-bond acceptors (Lipinski definition) is 2. The first kappa shape index (κ1) is 15.8. The summed E-state index contributed by atoms with van der Waals surface area (Å²) in [6.07, 6.45) is 0.778. The monoisotopic (exact) mass is 350 g/mol. The Kier molecular flexibility index (Phi) is 3.36. The van der Waals surface area contributed by atoms with E-state index in [1.54, 1.807) is 42.7 Å². The predicted molar refractivity (Wildman–Crippen MR) is 88.2 cm³/mol. The molecule has 1 aromatic carbocycles. The number of fused-ring (bicyclic) bond motifs is 1. The number of aryl methyl sites for hydroxylation is 1. The van der Waals surface area contributed by atoms with Gasteiger partial charge >= 0.3 is 0 Å². The van der Waals surface area contributed by atoms with Crippen molar-refractivity contribution < 1.29 is 8.78 Å². The number of hydrogen-bond donors (Lipinski definition) is 0. The van der Waals surface area contributed by atoms with Gasteiger partial charge in [-0.3, -0.25) is 9.36 Å². The molecule has 0 spiro atoms. The minimum Gasteiger partial charge on any atom is -0.269 e. The Morgan fingerprint density at radius 2 is 1.75 bits per heavy atom. The summed E-state index contributed by atoms with van der Waals surface area (Å²) < 4.78 is 28.6. The lowest BCUT2D eigenvalue weighted by atomic mass is 10.0. The quantitative estimate of drug-likeness (QED) is 0.811. The first-order valence-corrected chi connectivity index (χ1v) is 8.42. The van der Waals surface area contributed by atoms with E-state index in [9.17, 15) is 13.6 Å². The van der Waals surface area contributed by atoms with E-state index in [0.717, 1.165) is 0 Å². The maximum Gasteiger partial charge on any atom is 0.261 e. The van der Waals surface area contributed by atoms with Crippen molar-refractivity contribution in [1.82, 2.24) is 9.55 Å². The Labute approximate surface area is 143 Å². The Hall–Kier alpha value is -1.75. The molecular formula is C18H17ClF2N2O. The van der Waals surface area contributed by atoms with Crippen LogP contribution in [0.1, 0.15) is 35.8 Å². The van der Waals surface area contributed by atoms with Gasteiger partial charge in [0.05, 0.1) is 5.69 Å². The lowest BCUT2D eigenvalue weighted by molar-refractivity contribution is 0.0689. The van der Waals surface area contributed by atoms with E-state index < -0.39 is 17.8 Å².